The average molecular weight is 374 g/mol. The molecule has 146 valence electrons. The Balaban J connectivity index is 1.69. The maximum absolute atomic E-state index is 12.8. The summed E-state index contributed by atoms with van der Waals surface area (Å²) in [6.45, 7) is 6.54. The van der Waals surface area contributed by atoms with Crippen LogP contribution in [-0.2, 0) is 20.9 Å². The van der Waals surface area contributed by atoms with Gasteiger partial charge in [-0.1, -0.05) is 26.0 Å². The number of anilines is 1. The molecule has 1 aromatic rings. The van der Waals surface area contributed by atoms with Gasteiger partial charge in [0, 0.05) is 24.1 Å². The summed E-state index contributed by atoms with van der Waals surface area (Å²) in [5.74, 6) is -0.538. The highest BCUT2D eigenvalue weighted by Gasteiger charge is 2.62. The second kappa shape index (κ2) is 6.94. The molecular weight excluding hydrogens is 348 g/mol. The van der Waals surface area contributed by atoms with E-state index in [2.05, 4.69) is 10.6 Å². The summed E-state index contributed by atoms with van der Waals surface area (Å²) in [6.07, 6.45) is 0.409. The number of urea groups is 1. The molecule has 4 amide bonds. The minimum Gasteiger partial charge on any atom is -0.378 e. The molecule has 1 saturated carbocycles. The fourth-order valence-corrected chi connectivity index (χ4v) is 3.61. The first-order valence-corrected chi connectivity index (χ1v) is 9.08. The molecule has 0 bridgehead atoms. The predicted octanol–water partition coefficient (Wildman–Crippen LogP) is 1.21. The molecule has 2 unspecified atom stereocenters. The topological polar surface area (TPSA) is 114 Å². The molecule has 8 heteroatoms. The lowest BCUT2D eigenvalue weighted by molar-refractivity contribution is -0.166. The summed E-state index contributed by atoms with van der Waals surface area (Å²) in [7, 11) is 0. The third kappa shape index (κ3) is 3.30. The number of nitrogens with two attached hydrogens (primary N) is 1. The number of carbonyl (C=O) groups excluding carboxylic acids is 3. The third-order valence-electron chi connectivity index (χ3n) is 5.70. The summed E-state index contributed by atoms with van der Waals surface area (Å²) in [5, 5.41) is 5.35. The van der Waals surface area contributed by atoms with Crippen LogP contribution in [0.5, 0.6) is 0 Å². The molecular formula is C19H26N4O4. The molecule has 1 heterocycles. The number of amides is 4. The van der Waals surface area contributed by atoms with Crippen molar-refractivity contribution >= 4 is 23.5 Å². The van der Waals surface area contributed by atoms with E-state index in [9.17, 15) is 14.4 Å². The van der Waals surface area contributed by atoms with E-state index in [1.165, 1.54) is 0 Å². The van der Waals surface area contributed by atoms with Crippen molar-refractivity contribution in [3.05, 3.63) is 29.8 Å². The molecule has 3 rings (SSSR count). The van der Waals surface area contributed by atoms with E-state index in [0.717, 1.165) is 10.5 Å². The van der Waals surface area contributed by atoms with Gasteiger partial charge < -0.3 is 21.1 Å². The van der Waals surface area contributed by atoms with E-state index in [4.69, 9.17) is 10.5 Å². The van der Waals surface area contributed by atoms with Crippen LogP contribution in [0.4, 0.5) is 10.5 Å². The maximum atomic E-state index is 12.8. The van der Waals surface area contributed by atoms with Crippen LogP contribution in [0.25, 0.3) is 0 Å². The Kier molecular flexibility index (Phi) is 4.96. The van der Waals surface area contributed by atoms with Gasteiger partial charge in [-0.15, -0.1) is 0 Å². The van der Waals surface area contributed by atoms with Gasteiger partial charge in [-0.05, 0) is 24.6 Å². The largest absolute Gasteiger partial charge is 0.378 e. The lowest BCUT2D eigenvalue weighted by Crippen LogP contribution is -2.74. The van der Waals surface area contributed by atoms with Gasteiger partial charge in [0.1, 0.15) is 5.54 Å². The first-order valence-electron chi connectivity index (χ1n) is 9.08. The normalized spacial score (nSPS) is 26.5. The van der Waals surface area contributed by atoms with Gasteiger partial charge in [0.2, 0.25) is 11.8 Å². The summed E-state index contributed by atoms with van der Waals surface area (Å²) >= 11 is 0. The van der Waals surface area contributed by atoms with Crippen molar-refractivity contribution in [1.29, 1.82) is 0 Å². The molecule has 4 N–H and O–H groups in total. The van der Waals surface area contributed by atoms with Crippen LogP contribution < -0.4 is 16.4 Å². The van der Waals surface area contributed by atoms with Crippen molar-refractivity contribution in [3.8, 4) is 0 Å². The summed E-state index contributed by atoms with van der Waals surface area (Å²) in [4.78, 5) is 37.4. The predicted molar refractivity (Wildman–Crippen MR) is 99.8 cm³/mol. The SMILES string of the molecule is CCOC1CC(N)(C(=O)Nc2cccc(CN3C(=O)CNC3=O)c2)C1(C)C. The molecule has 1 aliphatic heterocycles. The Morgan fingerprint density at radius 1 is 1.41 bits per heavy atom. The van der Waals surface area contributed by atoms with Gasteiger partial charge in [-0.2, -0.15) is 0 Å². The molecule has 0 aromatic heterocycles. The number of carbonyl (C=O) groups is 3. The van der Waals surface area contributed by atoms with E-state index in [0.29, 0.717) is 18.7 Å². The van der Waals surface area contributed by atoms with E-state index in [-0.39, 0.29) is 31.0 Å². The number of benzene rings is 1. The summed E-state index contributed by atoms with van der Waals surface area (Å²) in [6, 6.07) is 6.65. The van der Waals surface area contributed by atoms with Crippen molar-refractivity contribution in [2.45, 2.75) is 45.4 Å². The average Bonchev–Trinajstić information content (AvgIpc) is 2.93. The van der Waals surface area contributed by atoms with Gasteiger partial charge >= 0.3 is 6.03 Å². The van der Waals surface area contributed by atoms with E-state index >= 15 is 0 Å². The van der Waals surface area contributed by atoms with E-state index in [1.54, 1.807) is 24.3 Å². The summed E-state index contributed by atoms with van der Waals surface area (Å²) in [5.41, 5.74) is 6.21. The highest BCUT2D eigenvalue weighted by atomic mass is 16.5. The van der Waals surface area contributed by atoms with Crippen LogP contribution in [0.15, 0.2) is 24.3 Å². The Morgan fingerprint density at radius 2 is 2.15 bits per heavy atom. The Labute approximate surface area is 158 Å². The molecule has 8 nitrogen and oxygen atoms in total. The van der Waals surface area contributed by atoms with Crippen LogP contribution >= 0.6 is 0 Å². The van der Waals surface area contributed by atoms with Gasteiger partial charge in [0.05, 0.1) is 19.2 Å². The highest BCUT2D eigenvalue weighted by molar-refractivity contribution is 6.02. The third-order valence-corrected chi connectivity index (χ3v) is 5.70. The number of ether oxygens (including phenoxy) is 1. The van der Waals surface area contributed by atoms with Crippen LogP contribution in [0.1, 0.15) is 32.8 Å². The first-order chi connectivity index (χ1) is 12.7. The van der Waals surface area contributed by atoms with E-state index in [1.807, 2.05) is 20.8 Å². The van der Waals surface area contributed by atoms with Crippen LogP contribution in [0, 0.1) is 5.41 Å². The van der Waals surface area contributed by atoms with Crippen molar-refractivity contribution < 1.29 is 19.1 Å². The zero-order valence-corrected chi connectivity index (χ0v) is 15.9. The number of hydrogen-bond donors (Lipinski definition) is 3. The Morgan fingerprint density at radius 3 is 2.74 bits per heavy atom. The van der Waals surface area contributed by atoms with Crippen LogP contribution in [0.3, 0.4) is 0 Å². The molecule has 0 radical (unpaired) electrons. The summed E-state index contributed by atoms with van der Waals surface area (Å²) < 4.78 is 5.67. The lowest BCUT2D eigenvalue weighted by Gasteiger charge is -2.57. The quantitative estimate of drug-likeness (QED) is 0.648. The molecule has 2 atom stereocenters. The zero-order valence-electron chi connectivity index (χ0n) is 15.9. The standard InChI is InChI=1S/C19H26N4O4/c1-4-27-14-9-19(20,18(14,2)3)16(25)22-13-7-5-6-12(8-13)11-23-15(24)10-21-17(23)26/h5-8,14H,4,9-11,20H2,1-3H3,(H,21,26)(H,22,25). The Bertz CT molecular complexity index is 763. The van der Waals surface area contributed by atoms with Gasteiger partial charge in [0.25, 0.3) is 0 Å². The Hall–Kier alpha value is -2.45. The van der Waals surface area contributed by atoms with Crippen LogP contribution in [-0.4, -0.2) is 47.5 Å². The van der Waals surface area contributed by atoms with Gasteiger partial charge in [-0.25, -0.2) is 4.79 Å². The fraction of sp³-hybridized carbons (Fsp3) is 0.526. The number of imide groups is 1. The zero-order chi connectivity index (χ0) is 19.8. The van der Waals surface area contributed by atoms with Crippen molar-refractivity contribution in [2.24, 2.45) is 11.1 Å². The van der Waals surface area contributed by atoms with Gasteiger partial charge in [0.15, 0.2) is 0 Å². The lowest BCUT2D eigenvalue weighted by atomic mass is 9.54. The number of rotatable bonds is 6. The smallest absolute Gasteiger partial charge is 0.324 e. The monoisotopic (exact) mass is 374 g/mol. The first kappa shape index (κ1) is 19.3. The fourth-order valence-electron chi connectivity index (χ4n) is 3.61. The molecule has 1 aromatic carbocycles. The van der Waals surface area contributed by atoms with Crippen molar-refractivity contribution in [1.82, 2.24) is 10.2 Å². The highest BCUT2D eigenvalue weighted by Crippen LogP contribution is 2.50. The molecule has 0 spiro atoms. The minimum absolute atomic E-state index is 0.0149. The molecule has 27 heavy (non-hydrogen) atoms. The number of nitrogens with one attached hydrogen (secondary N) is 2. The van der Waals surface area contributed by atoms with Crippen molar-refractivity contribution in [3.63, 3.8) is 0 Å². The second-order valence-electron chi connectivity index (χ2n) is 7.63. The molecule has 1 aliphatic carbocycles. The maximum Gasteiger partial charge on any atom is 0.324 e. The second-order valence-corrected chi connectivity index (χ2v) is 7.63. The van der Waals surface area contributed by atoms with Crippen molar-refractivity contribution in [2.75, 3.05) is 18.5 Å². The number of nitrogens with zero attached hydrogens (tertiary/aromatic N) is 1. The minimum atomic E-state index is -1.02. The van der Waals surface area contributed by atoms with Gasteiger partial charge in [-0.3, -0.25) is 14.5 Å². The molecule has 2 aliphatic rings. The van der Waals surface area contributed by atoms with E-state index < -0.39 is 17.0 Å². The number of hydrogen-bond acceptors (Lipinski definition) is 5. The van der Waals surface area contributed by atoms with Crippen LogP contribution in [0.2, 0.25) is 0 Å². The molecule has 2 fully saturated rings. The molecule has 1 saturated heterocycles.